The van der Waals surface area contributed by atoms with Gasteiger partial charge in [0.05, 0.1) is 26.9 Å². The largest absolute Gasteiger partial charge is 0.493 e. The molecule has 0 aliphatic carbocycles. The second-order valence-corrected chi connectivity index (χ2v) is 8.69. The van der Waals surface area contributed by atoms with Gasteiger partial charge in [-0.05, 0) is 53.3 Å². The van der Waals surface area contributed by atoms with E-state index in [-0.39, 0.29) is 18.7 Å². The first-order chi connectivity index (χ1) is 15.2. The summed E-state index contributed by atoms with van der Waals surface area (Å²) >= 11 is 1.72. The number of hydrogen-bond acceptors (Lipinski definition) is 6. The maximum atomic E-state index is 14.3. The van der Waals surface area contributed by atoms with Crippen LogP contribution in [0.5, 0.6) is 17.2 Å². The molecule has 0 amide bonds. The maximum absolute atomic E-state index is 14.3. The highest BCUT2D eigenvalue weighted by atomic mass is 32.1. The molecular formula is C24H24FNO4S. The molecule has 1 unspecified atom stereocenters. The van der Waals surface area contributed by atoms with Gasteiger partial charge in [0.25, 0.3) is 0 Å². The second-order valence-electron chi connectivity index (χ2n) is 7.71. The Labute approximate surface area is 184 Å². The molecule has 0 radical (unpaired) electrons. The lowest BCUT2D eigenvalue weighted by Gasteiger charge is -2.38. The molecule has 0 spiro atoms. The number of thiophene rings is 1. The summed E-state index contributed by atoms with van der Waals surface area (Å²) in [6.07, 6.45) is 0.874. The first-order valence-corrected chi connectivity index (χ1v) is 11.1. The van der Waals surface area contributed by atoms with Gasteiger partial charge < -0.3 is 18.9 Å². The lowest BCUT2D eigenvalue weighted by atomic mass is 9.90. The van der Waals surface area contributed by atoms with E-state index in [4.69, 9.17) is 18.9 Å². The van der Waals surface area contributed by atoms with Gasteiger partial charge in [0.1, 0.15) is 11.6 Å². The van der Waals surface area contributed by atoms with Crippen molar-refractivity contribution in [2.45, 2.75) is 25.6 Å². The van der Waals surface area contributed by atoms with E-state index >= 15 is 0 Å². The third-order valence-corrected chi connectivity index (χ3v) is 6.84. The van der Waals surface area contributed by atoms with Crippen LogP contribution in [0.25, 0.3) is 0 Å². The number of hydrogen-bond donors (Lipinski definition) is 0. The summed E-state index contributed by atoms with van der Waals surface area (Å²) < 4.78 is 36.6. The van der Waals surface area contributed by atoms with Gasteiger partial charge in [-0.2, -0.15) is 0 Å². The van der Waals surface area contributed by atoms with Gasteiger partial charge in [-0.1, -0.05) is 6.07 Å². The Morgan fingerprint density at radius 2 is 1.97 bits per heavy atom. The average Bonchev–Trinajstić information content (AvgIpc) is 3.32. The Bertz CT molecular complexity index is 1090. The topological polar surface area (TPSA) is 40.2 Å². The predicted molar refractivity (Wildman–Crippen MR) is 117 cm³/mol. The summed E-state index contributed by atoms with van der Waals surface area (Å²) in [6, 6.07) is 11.5. The molecule has 1 aromatic heterocycles. The molecule has 2 aromatic carbocycles. The van der Waals surface area contributed by atoms with Crippen molar-refractivity contribution in [3.05, 3.63) is 74.7 Å². The zero-order valence-corrected chi connectivity index (χ0v) is 18.3. The number of ether oxygens (including phenoxy) is 4. The molecule has 5 rings (SSSR count). The molecule has 0 bridgehead atoms. The highest BCUT2D eigenvalue weighted by Gasteiger charge is 2.32. The molecule has 2 aliphatic rings. The monoisotopic (exact) mass is 441 g/mol. The fraction of sp³-hybridized carbons (Fsp3) is 0.333. The zero-order valence-electron chi connectivity index (χ0n) is 17.5. The fourth-order valence-electron chi connectivity index (χ4n) is 4.54. The van der Waals surface area contributed by atoms with Crippen molar-refractivity contribution in [2.75, 3.05) is 27.6 Å². The fourth-order valence-corrected chi connectivity index (χ4v) is 5.42. The Morgan fingerprint density at radius 1 is 1.13 bits per heavy atom. The number of methoxy groups -OCH3 is 2. The standard InChI is InChI=1S/C24H24FNO4S/c1-27-20-10-15-5-6-26(12-16-8-18(25)9-17-13-29-14-30-24(16)17)23(22-4-3-7-31-22)19(15)11-21(20)28-2/h3-4,7-11,23H,5-6,12-14H2,1-2H3. The van der Waals surface area contributed by atoms with E-state index in [2.05, 4.69) is 34.5 Å². The van der Waals surface area contributed by atoms with Crippen molar-refractivity contribution in [3.8, 4) is 17.2 Å². The van der Waals surface area contributed by atoms with Crippen LogP contribution in [0.4, 0.5) is 4.39 Å². The summed E-state index contributed by atoms with van der Waals surface area (Å²) in [5.41, 5.74) is 4.06. The van der Waals surface area contributed by atoms with Crippen LogP contribution in [-0.2, 0) is 24.3 Å². The zero-order chi connectivity index (χ0) is 21.4. The first kappa shape index (κ1) is 20.3. The van der Waals surface area contributed by atoms with Gasteiger partial charge in [0, 0.05) is 29.1 Å². The van der Waals surface area contributed by atoms with Crippen molar-refractivity contribution in [2.24, 2.45) is 0 Å². The minimum atomic E-state index is -0.265. The van der Waals surface area contributed by atoms with E-state index in [9.17, 15) is 4.39 Å². The minimum absolute atomic E-state index is 0.0438. The van der Waals surface area contributed by atoms with Crippen LogP contribution >= 0.6 is 11.3 Å². The van der Waals surface area contributed by atoms with Crippen LogP contribution in [0.3, 0.4) is 0 Å². The second kappa shape index (κ2) is 8.49. The van der Waals surface area contributed by atoms with Crippen molar-refractivity contribution in [1.82, 2.24) is 4.90 Å². The highest BCUT2D eigenvalue weighted by molar-refractivity contribution is 7.10. The number of halogens is 1. The molecule has 0 N–H and O–H groups in total. The number of benzene rings is 2. The molecule has 5 nitrogen and oxygen atoms in total. The van der Waals surface area contributed by atoms with Crippen molar-refractivity contribution in [3.63, 3.8) is 0 Å². The van der Waals surface area contributed by atoms with Gasteiger partial charge in [-0.3, -0.25) is 4.90 Å². The van der Waals surface area contributed by atoms with Crippen LogP contribution in [-0.4, -0.2) is 32.5 Å². The summed E-state index contributed by atoms with van der Waals surface area (Å²) in [6.45, 7) is 1.98. The van der Waals surface area contributed by atoms with E-state index in [0.717, 1.165) is 35.6 Å². The summed E-state index contributed by atoms with van der Waals surface area (Å²) in [5, 5.41) is 2.09. The van der Waals surface area contributed by atoms with Crippen LogP contribution in [0.1, 0.15) is 33.2 Å². The minimum Gasteiger partial charge on any atom is -0.493 e. The van der Waals surface area contributed by atoms with Crippen LogP contribution in [0, 0.1) is 5.82 Å². The maximum Gasteiger partial charge on any atom is 0.189 e. The third-order valence-electron chi connectivity index (χ3n) is 5.91. The first-order valence-electron chi connectivity index (χ1n) is 10.2. The molecule has 2 aliphatic heterocycles. The molecule has 0 saturated heterocycles. The molecule has 7 heteroatoms. The van der Waals surface area contributed by atoms with E-state index in [1.807, 2.05) is 0 Å². The van der Waals surface area contributed by atoms with E-state index < -0.39 is 0 Å². The number of nitrogens with zero attached hydrogens (tertiary/aromatic N) is 1. The Hall–Kier alpha value is -2.61. The summed E-state index contributed by atoms with van der Waals surface area (Å²) in [7, 11) is 3.32. The van der Waals surface area contributed by atoms with E-state index in [1.54, 1.807) is 31.6 Å². The van der Waals surface area contributed by atoms with Crippen molar-refractivity contribution >= 4 is 11.3 Å². The normalized spacial score (nSPS) is 18.1. The molecule has 3 heterocycles. The number of fused-ring (bicyclic) bond motifs is 2. The molecular weight excluding hydrogens is 417 g/mol. The SMILES string of the molecule is COc1cc2c(cc1OC)C(c1cccs1)N(Cc1cc(F)cc3c1OCOC3)CC2. The number of rotatable bonds is 5. The lowest BCUT2D eigenvalue weighted by Crippen LogP contribution is -2.35. The Balaban J connectivity index is 1.57. The molecule has 31 heavy (non-hydrogen) atoms. The van der Waals surface area contributed by atoms with Gasteiger partial charge in [0.15, 0.2) is 18.3 Å². The predicted octanol–water partition coefficient (Wildman–Crippen LogP) is 4.92. The van der Waals surface area contributed by atoms with E-state index in [0.29, 0.717) is 18.9 Å². The smallest absolute Gasteiger partial charge is 0.189 e. The summed E-state index contributed by atoms with van der Waals surface area (Å²) in [4.78, 5) is 3.62. The summed E-state index contributed by atoms with van der Waals surface area (Å²) in [5.74, 6) is 1.94. The van der Waals surface area contributed by atoms with Crippen LogP contribution < -0.4 is 14.2 Å². The third kappa shape index (κ3) is 3.78. The van der Waals surface area contributed by atoms with Gasteiger partial charge in [-0.15, -0.1) is 11.3 Å². The Morgan fingerprint density at radius 3 is 2.74 bits per heavy atom. The molecule has 0 saturated carbocycles. The molecule has 162 valence electrons. The quantitative estimate of drug-likeness (QED) is 0.562. The van der Waals surface area contributed by atoms with Crippen molar-refractivity contribution in [1.29, 1.82) is 0 Å². The van der Waals surface area contributed by atoms with E-state index in [1.165, 1.54) is 22.1 Å². The molecule has 0 fully saturated rings. The van der Waals surface area contributed by atoms with Crippen LogP contribution in [0.15, 0.2) is 41.8 Å². The van der Waals surface area contributed by atoms with Crippen molar-refractivity contribution < 1.29 is 23.3 Å². The molecule has 1 atom stereocenters. The highest BCUT2D eigenvalue weighted by Crippen LogP contribution is 2.43. The van der Waals surface area contributed by atoms with Gasteiger partial charge >= 0.3 is 0 Å². The van der Waals surface area contributed by atoms with Gasteiger partial charge in [0.2, 0.25) is 0 Å². The van der Waals surface area contributed by atoms with Crippen LogP contribution in [0.2, 0.25) is 0 Å². The lowest BCUT2D eigenvalue weighted by molar-refractivity contribution is -0.0178. The van der Waals surface area contributed by atoms with Gasteiger partial charge in [-0.25, -0.2) is 4.39 Å². The Kier molecular flexibility index (Phi) is 5.56. The average molecular weight is 442 g/mol. The molecule has 3 aromatic rings.